The average molecular weight is 911 g/mol. The van der Waals surface area contributed by atoms with E-state index in [1.807, 2.05) is 0 Å². The number of hydrogen-bond donors (Lipinski definition) is 2. The van der Waals surface area contributed by atoms with Crippen LogP contribution in [0.25, 0.3) is 11.4 Å². The molecule has 320 valence electrons. The van der Waals surface area contributed by atoms with Gasteiger partial charge in [-0.05, 0) is 61.4 Å². The van der Waals surface area contributed by atoms with Gasteiger partial charge in [0.15, 0.2) is 31.7 Å². The Morgan fingerprint density at radius 2 is 1.08 bits per heavy atom. The van der Waals surface area contributed by atoms with Crippen LogP contribution in [-0.4, -0.2) is 84.1 Å². The highest BCUT2D eigenvalue weighted by Crippen LogP contribution is 2.37. The van der Waals surface area contributed by atoms with Gasteiger partial charge in [-0.25, -0.2) is 19.0 Å². The van der Waals surface area contributed by atoms with Gasteiger partial charge in [-0.1, -0.05) is 61.1 Å². The molecule has 0 bridgehead atoms. The molecule has 26 heteroatoms. The Kier molecular flexibility index (Phi) is 16.6. The molecule has 0 saturated heterocycles. The van der Waals surface area contributed by atoms with E-state index in [1.54, 1.807) is 26.0 Å². The van der Waals surface area contributed by atoms with Crippen molar-refractivity contribution in [3.63, 3.8) is 0 Å². The number of nitrogens with zero attached hydrogens (tertiary/aromatic N) is 12. The number of rotatable bonds is 18. The number of aryl methyl sites for hydroxylation is 2. The summed E-state index contributed by atoms with van der Waals surface area (Å²) >= 11 is 5.25. The largest absolute Gasteiger partial charge is 0.465 e. The van der Waals surface area contributed by atoms with Crippen LogP contribution < -0.4 is 11.5 Å². The van der Waals surface area contributed by atoms with Crippen molar-refractivity contribution >= 4 is 104 Å². The molecule has 2 aromatic carbocycles. The van der Waals surface area contributed by atoms with Crippen molar-refractivity contribution in [1.29, 1.82) is 0 Å². The number of nitrogens with two attached hydrogens (primary N) is 2. The zero-order valence-corrected chi connectivity index (χ0v) is 34.4. The SMILES string of the molecule is C.C.COC(=O)c1cc(COC=O)cc(-n2nc(C)c(N=Nc3nnc(SCSc4nnc(N=Nc5c(C)nn(-c6cc(COC=O)cc(C(=O)OC)c6)c5N)s4)s3)c2N)c1. The van der Waals surface area contributed by atoms with Crippen molar-refractivity contribution in [3.8, 4) is 11.4 Å². The van der Waals surface area contributed by atoms with Gasteiger partial charge < -0.3 is 30.4 Å². The highest BCUT2D eigenvalue weighted by molar-refractivity contribution is 8.17. The summed E-state index contributed by atoms with van der Waals surface area (Å²) in [6.45, 7) is 3.86. The summed E-state index contributed by atoms with van der Waals surface area (Å²) in [4.78, 5) is 46.0. The van der Waals surface area contributed by atoms with E-state index in [-0.39, 0.29) is 72.5 Å². The van der Waals surface area contributed by atoms with E-state index in [0.717, 1.165) is 0 Å². The quantitative estimate of drug-likeness (QED) is 0.0212. The van der Waals surface area contributed by atoms with Gasteiger partial charge in [0, 0.05) is 0 Å². The summed E-state index contributed by atoms with van der Waals surface area (Å²) in [5.41, 5.74) is 16.6. The molecule has 22 nitrogen and oxygen atoms in total. The normalized spacial score (nSPS) is 11.0. The number of anilines is 2. The third-order valence-electron chi connectivity index (χ3n) is 7.68. The van der Waals surface area contributed by atoms with Crippen molar-refractivity contribution in [2.75, 3.05) is 30.8 Å². The number of thioether (sulfide) groups is 2. The van der Waals surface area contributed by atoms with E-state index in [1.165, 1.54) is 94.0 Å². The second-order valence-electron chi connectivity index (χ2n) is 11.5. The van der Waals surface area contributed by atoms with Crippen molar-refractivity contribution in [2.24, 2.45) is 20.5 Å². The van der Waals surface area contributed by atoms with Gasteiger partial charge in [0.25, 0.3) is 23.2 Å². The Morgan fingerprint density at radius 1 is 0.672 bits per heavy atom. The van der Waals surface area contributed by atoms with E-state index in [9.17, 15) is 19.2 Å². The lowest BCUT2D eigenvalue weighted by molar-refractivity contribution is -0.130. The van der Waals surface area contributed by atoms with E-state index in [4.69, 9.17) is 30.4 Å². The fourth-order valence-electron chi connectivity index (χ4n) is 5.12. The van der Waals surface area contributed by atoms with Crippen LogP contribution in [0.2, 0.25) is 0 Å². The van der Waals surface area contributed by atoms with Crippen LogP contribution in [0.1, 0.15) is 58.1 Å². The molecule has 6 aromatic rings. The molecule has 0 radical (unpaired) electrons. The minimum atomic E-state index is -0.591. The van der Waals surface area contributed by atoms with Gasteiger partial charge in [-0.2, -0.15) is 10.2 Å². The molecule has 4 heterocycles. The summed E-state index contributed by atoms with van der Waals surface area (Å²) in [7, 11) is 2.51. The second kappa shape index (κ2) is 21.6. The number of azo groups is 2. The van der Waals surface area contributed by atoms with Gasteiger partial charge in [0.1, 0.15) is 13.2 Å². The molecule has 4 N–H and O–H groups in total. The fourth-order valence-corrected chi connectivity index (χ4v) is 8.95. The first-order valence-electron chi connectivity index (χ1n) is 16.5. The summed E-state index contributed by atoms with van der Waals surface area (Å²) in [6.07, 6.45) is 0. The van der Waals surface area contributed by atoms with E-state index < -0.39 is 11.9 Å². The highest BCUT2D eigenvalue weighted by Gasteiger charge is 2.19. The Morgan fingerprint density at radius 3 is 1.46 bits per heavy atom. The molecule has 0 aliphatic rings. The van der Waals surface area contributed by atoms with Crippen LogP contribution >= 0.6 is 46.2 Å². The Labute approximate surface area is 364 Å². The molecule has 61 heavy (non-hydrogen) atoms. The number of hydrogen-bond acceptors (Lipinski definition) is 24. The number of carbonyl (C=O) groups excluding carboxylic acids is 4. The number of methoxy groups -OCH3 is 2. The van der Waals surface area contributed by atoms with Gasteiger partial charge in [0.05, 0.1) is 53.2 Å². The van der Waals surface area contributed by atoms with E-state index in [2.05, 4.69) is 51.0 Å². The van der Waals surface area contributed by atoms with Crippen LogP contribution in [0.4, 0.5) is 33.3 Å². The first-order valence-corrected chi connectivity index (χ1v) is 20.1. The van der Waals surface area contributed by atoms with Crippen LogP contribution in [-0.2, 0) is 41.8 Å². The van der Waals surface area contributed by atoms with Crippen LogP contribution in [0.5, 0.6) is 0 Å². The van der Waals surface area contributed by atoms with Crippen molar-refractivity contribution in [1.82, 2.24) is 40.0 Å². The predicted molar refractivity (Wildman–Crippen MR) is 228 cm³/mol. The number of aromatic nitrogens is 8. The van der Waals surface area contributed by atoms with Crippen molar-refractivity contribution in [2.45, 2.75) is 50.6 Å². The summed E-state index contributed by atoms with van der Waals surface area (Å²) in [6, 6.07) is 9.48. The lowest BCUT2D eigenvalue weighted by atomic mass is 10.1. The maximum atomic E-state index is 12.3. The molecule has 0 fully saturated rings. The first kappa shape index (κ1) is 47.0. The second-order valence-corrected chi connectivity index (χ2v) is 16.3. The fraction of sp³-hybridized carbons (Fsp3) is 0.257. The van der Waals surface area contributed by atoms with Crippen molar-refractivity contribution in [3.05, 3.63) is 70.0 Å². The summed E-state index contributed by atoms with van der Waals surface area (Å²) in [5.74, 6) is -0.884. The molecule has 0 saturated carbocycles. The van der Waals surface area contributed by atoms with E-state index in [0.29, 0.717) is 60.6 Å². The molecular weight excluding hydrogens is 873 g/mol. The Balaban J connectivity index is 0.00000410. The molecule has 0 aliphatic carbocycles. The van der Waals surface area contributed by atoms with Crippen LogP contribution in [0.3, 0.4) is 0 Å². The Hall–Kier alpha value is -6.64. The standard InChI is InChI=1S/C33H30N14O8S4.2CH4/c1-16-24(26(34)46(44-16)22-7-18(11-54-13-48)5-20(9-22)28(50)52-3)36-38-30-40-42-32(58-30)56-15-57-33-43-41-31(59-33)39-37-25-17(2)45-47(27(25)35)23-8-19(12-55-14-49)6-21(10-23)29(51)53-4;;/h5-10,13-14H,11-12,15,34-35H2,1-4H3;2*1H4. The molecule has 0 unspecified atom stereocenters. The zero-order chi connectivity index (χ0) is 42.1. The maximum absolute atomic E-state index is 12.3. The van der Waals surface area contributed by atoms with Crippen LogP contribution in [0, 0.1) is 13.8 Å². The van der Waals surface area contributed by atoms with Crippen molar-refractivity contribution < 1.29 is 38.1 Å². The average Bonchev–Trinajstić information content (AvgIpc) is 4.03. The van der Waals surface area contributed by atoms with Gasteiger partial charge >= 0.3 is 11.9 Å². The third-order valence-corrected chi connectivity index (χ3v) is 11.7. The van der Waals surface area contributed by atoms with Gasteiger partial charge in [-0.15, -0.1) is 40.9 Å². The lowest BCUT2D eigenvalue weighted by Crippen LogP contribution is -2.08. The highest BCUT2D eigenvalue weighted by atomic mass is 32.2. The number of ether oxygens (including phenoxy) is 4. The monoisotopic (exact) mass is 910 g/mol. The number of esters is 2. The molecule has 0 aliphatic heterocycles. The van der Waals surface area contributed by atoms with E-state index >= 15 is 0 Å². The van der Waals surface area contributed by atoms with Gasteiger partial charge in [-0.3, -0.25) is 9.59 Å². The maximum Gasteiger partial charge on any atom is 0.337 e. The Bertz CT molecular complexity index is 2410. The smallest absolute Gasteiger partial charge is 0.337 e. The molecule has 0 spiro atoms. The summed E-state index contributed by atoms with van der Waals surface area (Å²) in [5, 5.41) is 43.5. The third kappa shape index (κ3) is 11.4. The molecule has 6 rings (SSSR count). The lowest BCUT2D eigenvalue weighted by Gasteiger charge is -2.09. The molecule has 4 aromatic heterocycles. The summed E-state index contributed by atoms with van der Waals surface area (Å²) < 4.78 is 23.5. The zero-order valence-electron chi connectivity index (χ0n) is 31.2. The van der Waals surface area contributed by atoms with Crippen LogP contribution in [0.15, 0.2) is 65.5 Å². The predicted octanol–water partition coefficient (Wildman–Crippen LogP) is 7.41. The number of benzene rings is 2. The molecular formula is C35H38N14O8S4. The first-order chi connectivity index (χ1) is 28.5. The topological polar surface area (TPSA) is 294 Å². The minimum Gasteiger partial charge on any atom is -0.465 e. The molecule has 0 atom stereocenters. The molecule has 0 amide bonds. The number of carbonyl (C=O) groups is 4. The minimum absolute atomic E-state index is 0. The number of nitrogen functional groups attached to an aromatic ring is 2. The van der Waals surface area contributed by atoms with Gasteiger partial charge in [0.2, 0.25) is 0 Å².